The second kappa shape index (κ2) is 8.39. The van der Waals surface area contributed by atoms with Gasteiger partial charge in [-0.25, -0.2) is 9.98 Å². The minimum absolute atomic E-state index is 0.109. The van der Waals surface area contributed by atoms with E-state index in [9.17, 15) is 14.4 Å². The van der Waals surface area contributed by atoms with E-state index in [4.69, 9.17) is 0 Å². The Morgan fingerprint density at radius 2 is 2.13 bits per heavy atom. The zero-order valence-corrected chi connectivity index (χ0v) is 16.5. The number of nitrogens with one attached hydrogen (secondary N) is 2. The van der Waals surface area contributed by atoms with Crippen LogP contribution in [-0.4, -0.2) is 55.3 Å². The van der Waals surface area contributed by atoms with Gasteiger partial charge in [-0.3, -0.25) is 14.4 Å². The highest BCUT2D eigenvalue weighted by Crippen LogP contribution is 2.27. The van der Waals surface area contributed by atoms with Gasteiger partial charge < -0.3 is 15.2 Å². The van der Waals surface area contributed by atoms with Crippen molar-refractivity contribution in [3.63, 3.8) is 0 Å². The Bertz CT molecular complexity index is 1030. The van der Waals surface area contributed by atoms with Gasteiger partial charge in [-0.2, -0.15) is 14.8 Å². The van der Waals surface area contributed by atoms with E-state index in [0.29, 0.717) is 25.2 Å². The van der Waals surface area contributed by atoms with E-state index in [1.807, 2.05) is 10.8 Å². The van der Waals surface area contributed by atoms with Crippen molar-refractivity contribution in [1.29, 1.82) is 0 Å². The van der Waals surface area contributed by atoms with Crippen LogP contribution in [0.15, 0.2) is 34.8 Å². The number of carbonyl (C=O) groups is 3. The lowest BCUT2D eigenvalue weighted by molar-refractivity contribution is -0.136. The summed E-state index contributed by atoms with van der Waals surface area (Å²) in [6.45, 7) is 2.76. The van der Waals surface area contributed by atoms with E-state index in [2.05, 4.69) is 30.7 Å². The zero-order chi connectivity index (χ0) is 21.1. The summed E-state index contributed by atoms with van der Waals surface area (Å²) in [6.07, 6.45) is 8.27. The van der Waals surface area contributed by atoms with Gasteiger partial charge in [-0.1, -0.05) is 0 Å². The lowest BCUT2D eigenvalue weighted by atomic mass is 10.1. The molecule has 2 aliphatic rings. The number of aliphatic imine (C=N–C) groups is 2. The van der Waals surface area contributed by atoms with Crippen molar-refractivity contribution in [3.05, 3.63) is 30.5 Å². The minimum atomic E-state index is -0.826. The normalized spacial score (nSPS) is 17.9. The molecule has 1 saturated carbocycles. The first-order valence-electron chi connectivity index (χ1n) is 9.83. The van der Waals surface area contributed by atoms with E-state index in [1.165, 1.54) is 4.68 Å². The third-order valence-corrected chi connectivity index (χ3v) is 4.99. The molecule has 2 N–H and O–H groups in total. The number of anilines is 1. The monoisotopic (exact) mass is 410 g/mol. The molecule has 0 aromatic carbocycles. The van der Waals surface area contributed by atoms with Gasteiger partial charge in [0.15, 0.2) is 0 Å². The lowest BCUT2D eigenvalue weighted by Crippen LogP contribution is -2.37. The van der Waals surface area contributed by atoms with E-state index in [-0.39, 0.29) is 23.6 Å². The SMILES string of the molecule is Cc1cc(NC(=O)C(=O)NCCCn2ccnc2)n(C2=NC(=O)C3CCCC3=N2)n1. The number of amides is 3. The largest absolute Gasteiger partial charge is 0.348 e. The van der Waals surface area contributed by atoms with Gasteiger partial charge >= 0.3 is 11.8 Å². The number of aryl methyl sites for hydroxylation is 2. The third kappa shape index (κ3) is 4.19. The van der Waals surface area contributed by atoms with Gasteiger partial charge in [-0.05, 0) is 32.6 Å². The number of nitrogens with zero attached hydrogens (tertiary/aromatic N) is 6. The van der Waals surface area contributed by atoms with Crippen LogP contribution in [0.4, 0.5) is 5.82 Å². The number of fused-ring (bicyclic) bond motifs is 1. The molecule has 1 unspecified atom stereocenters. The van der Waals surface area contributed by atoms with Crippen LogP contribution in [0.5, 0.6) is 0 Å². The lowest BCUT2D eigenvalue weighted by Gasteiger charge is -2.15. The summed E-state index contributed by atoms with van der Waals surface area (Å²) >= 11 is 0. The molecule has 3 amide bonds. The molecule has 1 aliphatic carbocycles. The maximum atomic E-state index is 12.3. The highest BCUT2D eigenvalue weighted by Gasteiger charge is 2.33. The molecular weight excluding hydrogens is 388 g/mol. The van der Waals surface area contributed by atoms with Crippen LogP contribution < -0.4 is 10.6 Å². The molecule has 1 fully saturated rings. The summed E-state index contributed by atoms with van der Waals surface area (Å²) in [6, 6.07) is 1.60. The van der Waals surface area contributed by atoms with E-state index in [1.54, 1.807) is 25.5 Å². The van der Waals surface area contributed by atoms with Crippen molar-refractivity contribution < 1.29 is 14.4 Å². The Morgan fingerprint density at radius 3 is 2.93 bits per heavy atom. The highest BCUT2D eigenvalue weighted by atomic mass is 16.2. The molecule has 1 aliphatic heterocycles. The van der Waals surface area contributed by atoms with Crippen LogP contribution in [0.1, 0.15) is 31.4 Å². The molecule has 0 bridgehead atoms. The fourth-order valence-corrected chi connectivity index (χ4v) is 3.53. The van der Waals surface area contributed by atoms with Crippen molar-refractivity contribution >= 4 is 35.2 Å². The molecule has 11 heteroatoms. The Balaban J connectivity index is 1.38. The molecule has 0 saturated heterocycles. The van der Waals surface area contributed by atoms with Crippen LogP contribution in [0.25, 0.3) is 0 Å². The average molecular weight is 410 g/mol. The van der Waals surface area contributed by atoms with Crippen LogP contribution in [0.2, 0.25) is 0 Å². The smallest absolute Gasteiger partial charge is 0.314 e. The van der Waals surface area contributed by atoms with E-state index >= 15 is 0 Å². The standard InChI is InChI=1S/C19H22N8O3/c1-12-10-15(23-18(30)17(29)21-6-3-8-26-9-7-20-11-26)27(25-12)19-22-14-5-2-4-13(14)16(28)24-19/h7,9-11,13H,2-6,8H2,1H3,(H,21,29)(H,23,30). The summed E-state index contributed by atoms with van der Waals surface area (Å²) < 4.78 is 3.18. The molecule has 0 spiro atoms. The maximum Gasteiger partial charge on any atom is 0.314 e. The number of hydrogen-bond donors (Lipinski definition) is 2. The Labute approximate surface area is 172 Å². The minimum Gasteiger partial charge on any atom is -0.348 e. The first kappa shape index (κ1) is 19.7. The number of aromatic nitrogens is 4. The molecule has 0 radical (unpaired) electrons. The first-order valence-corrected chi connectivity index (χ1v) is 9.83. The Hall–Kier alpha value is -3.63. The summed E-state index contributed by atoms with van der Waals surface area (Å²) in [5, 5.41) is 9.38. The van der Waals surface area contributed by atoms with Crippen LogP contribution in [-0.2, 0) is 20.9 Å². The van der Waals surface area contributed by atoms with Crippen molar-refractivity contribution in [2.75, 3.05) is 11.9 Å². The zero-order valence-electron chi connectivity index (χ0n) is 16.5. The molecule has 2 aromatic rings. The quantitative estimate of drug-likeness (QED) is 0.547. The summed E-state index contributed by atoms with van der Waals surface area (Å²) in [5.41, 5.74) is 1.39. The molecule has 4 rings (SSSR count). The van der Waals surface area contributed by atoms with Gasteiger partial charge in [-0.15, -0.1) is 0 Å². The molecule has 30 heavy (non-hydrogen) atoms. The van der Waals surface area contributed by atoms with Crippen molar-refractivity contribution in [1.82, 2.24) is 24.6 Å². The number of hydrogen-bond acceptors (Lipinski definition) is 6. The van der Waals surface area contributed by atoms with Gasteiger partial charge in [0.05, 0.1) is 17.9 Å². The summed E-state index contributed by atoms with van der Waals surface area (Å²) in [4.78, 5) is 49.1. The molecule has 3 heterocycles. The average Bonchev–Trinajstić information content (AvgIpc) is 3.46. The van der Waals surface area contributed by atoms with Gasteiger partial charge in [0.1, 0.15) is 5.82 Å². The summed E-state index contributed by atoms with van der Waals surface area (Å²) in [7, 11) is 0. The van der Waals surface area contributed by atoms with Gasteiger partial charge in [0, 0.05) is 37.3 Å². The van der Waals surface area contributed by atoms with Crippen molar-refractivity contribution in [2.45, 2.75) is 39.2 Å². The Morgan fingerprint density at radius 1 is 1.27 bits per heavy atom. The van der Waals surface area contributed by atoms with E-state index in [0.717, 1.165) is 25.0 Å². The highest BCUT2D eigenvalue weighted by molar-refractivity contribution is 6.39. The fraction of sp³-hybridized carbons (Fsp3) is 0.421. The van der Waals surface area contributed by atoms with E-state index < -0.39 is 11.8 Å². The van der Waals surface area contributed by atoms with Gasteiger partial charge in [0.2, 0.25) is 0 Å². The predicted molar refractivity (Wildman–Crippen MR) is 108 cm³/mol. The van der Waals surface area contributed by atoms with Crippen molar-refractivity contribution in [2.24, 2.45) is 15.9 Å². The fourth-order valence-electron chi connectivity index (χ4n) is 3.53. The molecule has 156 valence electrons. The predicted octanol–water partition coefficient (Wildman–Crippen LogP) is 0.518. The van der Waals surface area contributed by atoms with Crippen molar-refractivity contribution in [3.8, 4) is 0 Å². The Kier molecular flexibility index (Phi) is 5.50. The third-order valence-electron chi connectivity index (χ3n) is 4.99. The topological polar surface area (TPSA) is 136 Å². The number of imidazole rings is 1. The molecule has 1 atom stereocenters. The number of rotatable bonds is 5. The maximum absolute atomic E-state index is 12.3. The molecular formula is C19H22N8O3. The summed E-state index contributed by atoms with van der Waals surface area (Å²) in [5.74, 6) is -1.72. The second-order valence-electron chi connectivity index (χ2n) is 7.24. The van der Waals surface area contributed by atoms with Crippen LogP contribution in [0, 0.1) is 12.8 Å². The van der Waals surface area contributed by atoms with Crippen LogP contribution >= 0.6 is 0 Å². The van der Waals surface area contributed by atoms with Crippen LogP contribution in [0.3, 0.4) is 0 Å². The molecule has 11 nitrogen and oxygen atoms in total. The second-order valence-corrected chi connectivity index (χ2v) is 7.24. The number of carbonyl (C=O) groups excluding carboxylic acids is 3. The molecule has 2 aromatic heterocycles. The first-order chi connectivity index (χ1) is 14.5. The van der Waals surface area contributed by atoms with Gasteiger partial charge in [0.25, 0.3) is 11.9 Å².